The van der Waals surface area contributed by atoms with Crippen LogP contribution in [-0.4, -0.2) is 54.3 Å². The van der Waals surface area contributed by atoms with Crippen molar-refractivity contribution in [2.24, 2.45) is 0 Å². The molecule has 0 bridgehead atoms. The van der Waals surface area contributed by atoms with Crippen LogP contribution in [0.2, 0.25) is 0 Å². The number of alkyl halides is 3. The molecule has 1 aliphatic heterocycles. The number of aliphatic hydroxyl groups is 1. The smallest absolute Gasteiger partial charge is 0.475 e. The molecule has 100 valence electrons. The van der Waals surface area contributed by atoms with Gasteiger partial charge in [0, 0.05) is 6.54 Å². The summed E-state index contributed by atoms with van der Waals surface area (Å²) in [4.78, 5) is 8.90. The van der Waals surface area contributed by atoms with Gasteiger partial charge in [0.25, 0.3) is 0 Å². The van der Waals surface area contributed by atoms with Crippen molar-refractivity contribution < 1.29 is 32.9 Å². The normalized spacial score (nSPS) is 24.5. The number of aliphatic carboxylic acids is 1. The number of morpholine rings is 1. The van der Waals surface area contributed by atoms with E-state index in [1.54, 1.807) is 6.08 Å². The van der Waals surface area contributed by atoms with E-state index in [0.29, 0.717) is 6.61 Å². The van der Waals surface area contributed by atoms with Crippen LogP contribution in [0.25, 0.3) is 0 Å². The standard InChI is InChI=1S/C7H13NO2.C2HF3O2/c1-2-7(5-9)6-10-4-3-8-7;3-2(4,5)1(6)7/h2,8-9H,1,3-6H2;(H,6,7). The quantitative estimate of drug-likeness (QED) is 0.614. The van der Waals surface area contributed by atoms with Gasteiger partial charge in [-0.3, -0.25) is 0 Å². The van der Waals surface area contributed by atoms with Crippen molar-refractivity contribution >= 4 is 5.97 Å². The monoisotopic (exact) mass is 257 g/mol. The second-order valence-corrected chi connectivity index (χ2v) is 3.30. The zero-order valence-electron chi connectivity index (χ0n) is 8.96. The summed E-state index contributed by atoms with van der Waals surface area (Å²) in [6.07, 6.45) is -3.38. The fourth-order valence-corrected chi connectivity index (χ4v) is 0.975. The number of hydrogen-bond acceptors (Lipinski definition) is 4. The lowest BCUT2D eigenvalue weighted by Gasteiger charge is -2.33. The molecule has 5 nitrogen and oxygen atoms in total. The highest BCUT2D eigenvalue weighted by molar-refractivity contribution is 5.73. The topological polar surface area (TPSA) is 78.8 Å². The number of rotatable bonds is 2. The molecule has 1 aliphatic rings. The average molecular weight is 257 g/mol. The summed E-state index contributed by atoms with van der Waals surface area (Å²) in [5, 5.41) is 19.2. The number of carbonyl (C=O) groups is 1. The fourth-order valence-electron chi connectivity index (χ4n) is 0.975. The summed E-state index contributed by atoms with van der Waals surface area (Å²) < 4.78 is 36.9. The van der Waals surface area contributed by atoms with E-state index in [1.807, 2.05) is 0 Å². The lowest BCUT2D eigenvalue weighted by Crippen LogP contribution is -2.55. The van der Waals surface area contributed by atoms with Gasteiger partial charge in [0.05, 0.1) is 25.4 Å². The van der Waals surface area contributed by atoms with Crippen molar-refractivity contribution in [1.29, 1.82) is 0 Å². The van der Waals surface area contributed by atoms with E-state index in [4.69, 9.17) is 19.7 Å². The molecule has 0 aromatic carbocycles. The molecule has 1 saturated heterocycles. The maximum atomic E-state index is 10.6. The Hall–Kier alpha value is -1.12. The van der Waals surface area contributed by atoms with Crippen LogP contribution in [0, 0.1) is 0 Å². The second kappa shape index (κ2) is 6.58. The van der Waals surface area contributed by atoms with E-state index < -0.39 is 17.7 Å². The molecule has 1 rings (SSSR count). The lowest BCUT2D eigenvalue weighted by atomic mass is 10.0. The third kappa shape index (κ3) is 5.66. The Morgan fingerprint density at radius 2 is 2.12 bits per heavy atom. The molecule has 17 heavy (non-hydrogen) atoms. The predicted molar refractivity (Wildman–Crippen MR) is 52.5 cm³/mol. The number of ether oxygens (including phenoxy) is 1. The molecule has 0 spiro atoms. The molecular formula is C9H14F3NO4. The van der Waals surface area contributed by atoms with Crippen LogP contribution in [0.3, 0.4) is 0 Å². The molecule has 0 radical (unpaired) electrons. The minimum atomic E-state index is -5.08. The molecule has 0 aromatic heterocycles. The molecule has 1 fully saturated rings. The van der Waals surface area contributed by atoms with E-state index in [1.165, 1.54) is 0 Å². The SMILES string of the molecule is C=CC1(CO)COCCN1.O=C(O)C(F)(F)F. The van der Waals surface area contributed by atoms with Gasteiger partial charge in [-0.15, -0.1) is 6.58 Å². The van der Waals surface area contributed by atoms with Crippen molar-refractivity contribution in [2.45, 2.75) is 11.7 Å². The highest BCUT2D eigenvalue weighted by Crippen LogP contribution is 2.13. The largest absolute Gasteiger partial charge is 0.490 e. The first kappa shape index (κ1) is 15.9. The third-order valence-electron chi connectivity index (χ3n) is 2.00. The molecule has 0 aliphatic carbocycles. The average Bonchev–Trinajstić information content (AvgIpc) is 2.29. The Morgan fingerprint density at radius 3 is 2.29 bits per heavy atom. The summed E-state index contributed by atoms with van der Waals surface area (Å²) >= 11 is 0. The third-order valence-corrected chi connectivity index (χ3v) is 2.00. The van der Waals surface area contributed by atoms with Gasteiger partial charge in [0.1, 0.15) is 0 Å². The maximum Gasteiger partial charge on any atom is 0.490 e. The van der Waals surface area contributed by atoms with Crippen LogP contribution in [-0.2, 0) is 9.53 Å². The van der Waals surface area contributed by atoms with Crippen molar-refractivity contribution in [3.8, 4) is 0 Å². The lowest BCUT2D eigenvalue weighted by molar-refractivity contribution is -0.192. The molecule has 0 amide bonds. The molecule has 0 aromatic rings. The van der Waals surface area contributed by atoms with Crippen LogP contribution in [0.1, 0.15) is 0 Å². The van der Waals surface area contributed by atoms with Gasteiger partial charge in [-0.05, 0) is 0 Å². The number of nitrogens with one attached hydrogen (secondary N) is 1. The summed E-state index contributed by atoms with van der Waals surface area (Å²) in [5.41, 5.74) is -0.391. The second-order valence-electron chi connectivity index (χ2n) is 3.30. The van der Waals surface area contributed by atoms with Gasteiger partial charge >= 0.3 is 12.1 Å². The van der Waals surface area contributed by atoms with Crippen LogP contribution >= 0.6 is 0 Å². The van der Waals surface area contributed by atoms with Gasteiger partial charge in [0.15, 0.2) is 0 Å². The molecule has 8 heteroatoms. The van der Waals surface area contributed by atoms with E-state index in [9.17, 15) is 13.2 Å². The van der Waals surface area contributed by atoms with E-state index in [0.717, 1.165) is 13.2 Å². The molecule has 1 atom stereocenters. The number of carboxylic acid groups (broad SMARTS) is 1. The van der Waals surface area contributed by atoms with Gasteiger partial charge in [-0.2, -0.15) is 13.2 Å². The summed E-state index contributed by atoms with van der Waals surface area (Å²) in [6, 6.07) is 0. The zero-order chi connectivity index (χ0) is 13.5. The summed E-state index contributed by atoms with van der Waals surface area (Å²) in [5.74, 6) is -2.76. The Morgan fingerprint density at radius 1 is 1.59 bits per heavy atom. The molecule has 1 heterocycles. The highest BCUT2D eigenvalue weighted by atomic mass is 19.4. The zero-order valence-corrected chi connectivity index (χ0v) is 8.96. The Labute approximate surface area is 95.9 Å². The van der Waals surface area contributed by atoms with Gasteiger partial charge in [-0.1, -0.05) is 6.08 Å². The number of carboxylic acids is 1. The molecular weight excluding hydrogens is 243 g/mol. The van der Waals surface area contributed by atoms with Crippen molar-refractivity contribution in [3.63, 3.8) is 0 Å². The number of hydrogen-bond donors (Lipinski definition) is 3. The Bertz CT molecular complexity index is 261. The predicted octanol–water partition coefficient (Wildman–Crippen LogP) is 0.157. The first-order valence-corrected chi connectivity index (χ1v) is 4.65. The maximum absolute atomic E-state index is 10.6. The van der Waals surface area contributed by atoms with E-state index in [2.05, 4.69) is 11.9 Å². The molecule has 0 saturated carbocycles. The first-order chi connectivity index (χ1) is 7.77. The fraction of sp³-hybridized carbons (Fsp3) is 0.667. The van der Waals surface area contributed by atoms with Gasteiger partial charge < -0.3 is 20.3 Å². The Kier molecular flexibility index (Phi) is 6.14. The van der Waals surface area contributed by atoms with Crippen molar-refractivity contribution in [1.82, 2.24) is 5.32 Å². The van der Waals surface area contributed by atoms with E-state index in [-0.39, 0.29) is 6.61 Å². The minimum absolute atomic E-state index is 0.0521. The number of halogens is 3. The van der Waals surface area contributed by atoms with Gasteiger partial charge in [0.2, 0.25) is 0 Å². The summed E-state index contributed by atoms with van der Waals surface area (Å²) in [7, 11) is 0. The number of aliphatic hydroxyl groups excluding tert-OH is 1. The van der Waals surface area contributed by atoms with Crippen LogP contribution in [0.5, 0.6) is 0 Å². The van der Waals surface area contributed by atoms with Crippen LogP contribution < -0.4 is 5.32 Å². The Balaban J connectivity index is 0.000000325. The molecule has 3 N–H and O–H groups in total. The first-order valence-electron chi connectivity index (χ1n) is 4.65. The van der Waals surface area contributed by atoms with Crippen molar-refractivity contribution in [2.75, 3.05) is 26.4 Å². The van der Waals surface area contributed by atoms with Crippen LogP contribution in [0.4, 0.5) is 13.2 Å². The minimum Gasteiger partial charge on any atom is -0.475 e. The van der Waals surface area contributed by atoms with E-state index >= 15 is 0 Å². The van der Waals surface area contributed by atoms with Gasteiger partial charge in [-0.25, -0.2) is 4.79 Å². The highest BCUT2D eigenvalue weighted by Gasteiger charge is 2.38. The van der Waals surface area contributed by atoms with Crippen LogP contribution in [0.15, 0.2) is 12.7 Å². The summed E-state index contributed by atoms with van der Waals surface area (Å²) in [6.45, 7) is 5.70. The molecule has 1 unspecified atom stereocenters. The van der Waals surface area contributed by atoms with Crippen molar-refractivity contribution in [3.05, 3.63) is 12.7 Å².